The molecule has 3 aromatic rings. The van der Waals surface area contributed by atoms with E-state index < -0.39 is 9.84 Å². The van der Waals surface area contributed by atoms with Crippen molar-refractivity contribution in [2.75, 3.05) is 0 Å². The Kier molecular flexibility index (Phi) is 4.51. The van der Waals surface area contributed by atoms with Crippen molar-refractivity contribution in [2.24, 2.45) is 0 Å². The van der Waals surface area contributed by atoms with Crippen molar-refractivity contribution in [3.8, 4) is 11.8 Å². The standard InChI is InChI=1S/C17H13ClN2O3S/c1-12-3-5-13(6-4-12)24(21,22)14-7-8-15(18)16(11-14)23-17-19-9-2-10-20-17/h2-11H,1H3. The number of ether oxygens (including phenoxy) is 1. The Hall–Kier alpha value is -2.44. The quantitative estimate of drug-likeness (QED) is 0.701. The van der Waals surface area contributed by atoms with Crippen LogP contribution in [0.1, 0.15) is 5.56 Å². The molecule has 0 aliphatic carbocycles. The minimum Gasteiger partial charge on any atom is -0.423 e. The maximum absolute atomic E-state index is 12.7. The Morgan fingerprint density at radius 2 is 1.58 bits per heavy atom. The number of aryl methyl sites for hydroxylation is 1. The molecule has 0 fully saturated rings. The molecular formula is C17H13ClN2O3S. The van der Waals surface area contributed by atoms with Gasteiger partial charge >= 0.3 is 6.01 Å². The fourth-order valence-electron chi connectivity index (χ4n) is 2.02. The highest BCUT2D eigenvalue weighted by Crippen LogP contribution is 2.32. The molecule has 0 unspecified atom stereocenters. The normalized spacial score (nSPS) is 11.2. The molecule has 24 heavy (non-hydrogen) atoms. The van der Waals surface area contributed by atoms with Crippen LogP contribution >= 0.6 is 11.6 Å². The van der Waals surface area contributed by atoms with Crippen molar-refractivity contribution >= 4 is 21.4 Å². The van der Waals surface area contributed by atoms with E-state index in [-0.39, 0.29) is 26.6 Å². The van der Waals surface area contributed by atoms with Crippen LogP contribution in [0.3, 0.4) is 0 Å². The van der Waals surface area contributed by atoms with Crippen LogP contribution in [0.25, 0.3) is 0 Å². The first-order valence-corrected chi connectivity index (χ1v) is 8.89. The monoisotopic (exact) mass is 360 g/mol. The summed E-state index contributed by atoms with van der Waals surface area (Å²) in [5.41, 5.74) is 0.982. The van der Waals surface area contributed by atoms with Gasteiger partial charge in [0.25, 0.3) is 0 Å². The molecule has 0 atom stereocenters. The van der Waals surface area contributed by atoms with Crippen molar-refractivity contribution in [1.29, 1.82) is 0 Å². The molecule has 7 heteroatoms. The SMILES string of the molecule is Cc1ccc(S(=O)(=O)c2ccc(Cl)c(Oc3ncccn3)c2)cc1. The van der Waals surface area contributed by atoms with Gasteiger partial charge in [-0.25, -0.2) is 18.4 Å². The third-order valence-electron chi connectivity index (χ3n) is 3.29. The molecule has 0 spiro atoms. The van der Waals surface area contributed by atoms with E-state index in [2.05, 4.69) is 9.97 Å². The molecule has 0 aliphatic rings. The lowest BCUT2D eigenvalue weighted by Gasteiger charge is -2.09. The summed E-state index contributed by atoms with van der Waals surface area (Å²) in [6.07, 6.45) is 3.03. The van der Waals surface area contributed by atoms with Gasteiger partial charge in [-0.3, -0.25) is 0 Å². The average Bonchev–Trinajstić information content (AvgIpc) is 2.58. The number of sulfone groups is 1. The van der Waals surface area contributed by atoms with Crippen LogP contribution in [-0.4, -0.2) is 18.4 Å². The van der Waals surface area contributed by atoms with Gasteiger partial charge in [-0.05, 0) is 37.3 Å². The molecule has 1 heterocycles. The van der Waals surface area contributed by atoms with Crippen molar-refractivity contribution in [3.05, 3.63) is 71.5 Å². The Morgan fingerprint density at radius 1 is 0.958 bits per heavy atom. The van der Waals surface area contributed by atoms with E-state index in [1.54, 1.807) is 30.3 Å². The highest BCUT2D eigenvalue weighted by atomic mass is 35.5. The van der Waals surface area contributed by atoms with Crippen LogP contribution in [0.15, 0.2) is 70.7 Å². The van der Waals surface area contributed by atoms with Crippen molar-refractivity contribution in [3.63, 3.8) is 0 Å². The van der Waals surface area contributed by atoms with E-state index in [0.29, 0.717) is 0 Å². The highest BCUT2D eigenvalue weighted by molar-refractivity contribution is 7.91. The molecule has 1 aromatic heterocycles. The number of hydrogen-bond donors (Lipinski definition) is 0. The molecule has 0 aliphatic heterocycles. The lowest BCUT2D eigenvalue weighted by Crippen LogP contribution is -2.02. The van der Waals surface area contributed by atoms with Gasteiger partial charge in [-0.1, -0.05) is 29.3 Å². The van der Waals surface area contributed by atoms with Crippen LogP contribution in [0.4, 0.5) is 0 Å². The molecule has 2 aromatic carbocycles. The van der Waals surface area contributed by atoms with Gasteiger partial charge in [-0.15, -0.1) is 0 Å². The molecule has 0 saturated carbocycles. The third kappa shape index (κ3) is 3.39. The predicted molar refractivity (Wildman–Crippen MR) is 90.2 cm³/mol. The molecule has 3 rings (SSSR count). The van der Waals surface area contributed by atoms with E-state index in [1.165, 1.54) is 30.6 Å². The van der Waals surface area contributed by atoms with Gasteiger partial charge < -0.3 is 4.74 Å². The van der Waals surface area contributed by atoms with Crippen molar-refractivity contribution in [2.45, 2.75) is 16.7 Å². The summed E-state index contributed by atoms with van der Waals surface area (Å²) in [5, 5.41) is 0.269. The number of aromatic nitrogens is 2. The first-order valence-electron chi connectivity index (χ1n) is 7.03. The summed E-state index contributed by atoms with van der Waals surface area (Å²) in [6.45, 7) is 1.89. The maximum Gasteiger partial charge on any atom is 0.321 e. The van der Waals surface area contributed by atoms with E-state index >= 15 is 0 Å². The second kappa shape index (κ2) is 6.59. The minimum absolute atomic E-state index is 0.0849. The van der Waals surface area contributed by atoms with E-state index in [0.717, 1.165) is 5.56 Å². The molecule has 0 amide bonds. The van der Waals surface area contributed by atoms with Crippen molar-refractivity contribution < 1.29 is 13.2 Å². The summed E-state index contributed by atoms with van der Waals surface area (Å²) >= 11 is 6.09. The largest absolute Gasteiger partial charge is 0.423 e. The summed E-state index contributed by atoms with van der Waals surface area (Å²) in [7, 11) is -3.67. The van der Waals surface area contributed by atoms with Gasteiger partial charge in [-0.2, -0.15) is 0 Å². The first kappa shape index (κ1) is 16.4. The van der Waals surface area contributed by atoms with E-state index in [4.69, 9.17) is 16.3 Å². The lowest BCUT2D eigenvalue weighted by molar-refractivity contribution is 0.440. The zero-order valence-corrected chi connectivity index (χ0v) is 14.3. The smallest absolute Gasteiger partial charge is 0.321 e. The summed E-state index contributed by atoms with van der Waals surface area (Å²) in [5.74, 6) is 0.177. The average molecular weight is 361 g/mol. The summed E-state index contributed by atoms with van der Waals surface area (Å²) in [4.78, 5) is 8.16. The molecule has 122 valence electrons. The maximum atomic E-state index is 12.7. The summed E-state index contributed by atoms with van der Waals surface area (Å²) < 4.78 is 30.9. The molecule has 0 radical (unpaired) electrons. The van der Waals surface area contributed by atoms with E-state index in [1.807, 2.05) is 6.92 Å². The molecule has 5 nitrogen and oxygen atoms in total. The summed E-state index contributed by atoms with van der Waals surface area (Å²) in [6, 6.07) is 12.7. The van der Waals surface area contributed by atoms with Gasteiger partial charge in [0, 0.05) is 18.5 Å². The number of hydrogen-bond acceptors (Lipinski definition) is 5. The fourth-order valence-corrected chi connectivity index (χ4v) is 3.45. The number of halogens is 1. The Balaban J connectivity index is 2.00. The lowest BCUT2D eigenvalue weighted by atomic mass is 10.2. The van der Waals surface area contributed by atoms with Crippen LogP contribution in [0.2, 0.25) is 5.02 Å². The molecule has 0 N–H and O–H groups in total. The molecule has 0 saturated heterocycles. The van der Waals surface area contributed by atoms with Crippen LogP contribution in [0, 0.1) is 6.92 Å². The second-order valence-electron chi connectivity index (χ2n) is 5.04. The van der Waals surface area contributed by atoms with E-state index in [9.17, 15) is 8.42 Å². The predicted octanol–water partition coefficient (Wildman–Crippen LogP) is 4.06. The molecule has 0 bridgehead atoms. The number of nitrogens with zero attached hydrogens (tertiary/aromatic N) is 2. The second-order valence-corrected chi connectivity index (χ2v) is 7.40. The Labute approximate surface area is 144 Å². The van der Waals surface area contributed by atoms with Gasteiger partial charge in [0.1, 0.15) is 0 Å². The Morgan fingerprint density at radius 3 is 2.25 bits per heavy atom. The fraction of sp³-hybridized carbons (Fsp3) is 0.0588. The van der Waals surface area contributed by atoms with Gasteiger partial charge in [0.15, 0.2) is 5.75 Å². The number of benzene rings is 2. The van der Waals surface area contributed by atoms with Crippen LogP contribution in [-0.2, 0) is 9.84 Å². The zero-order valence-electron chi connectivity index (χ0n) is 12.7. The zero-order chi connectivity index (χ0) is 17.2. The van der Waals surface area contributed by atoms with Gasteiger partial charge in [0.05, 0.1) is 14.8 Å². The van der Waals surface area contributed by atoms with Gasteiger partial charge in [0.2, 0.25) is 9.84 Å². The topological polar surface area (TPSA) is 69.2 Å². The Bertz CT molecular complexity index is 959. The van der Waals surface area contributed by atoms with Crippen LogP contribution in [0.5, 0.6) is 11.8 Å². The number of rotatable bonds is 4. The van der Waals surface area contributed by atoms with Crippen molar-refractivity contribution in [1.82, 2.24) is 9.97 Å². The highest BCUT2D eigenvalue weighted by Gasteiger charge is 2.19. The minimum atomic E-state index is -3.67. The first-order chi connectivity index (χ1) is 11.5. The van der Waals surface area contributed by atoms with Crippen LogP contribution < -0.4 is 4.74 Å². The molecular weight excluding hydrogens is 348 g/mol. The third-order valence-corrected chi connectivity index (χ3v) is 5.37.